The van der Waals surface area contributed by atoms with Crippen LogP contribution in [0.15, 0.2) is 42.5 Å². The van der Waals surface area contributed by atoms with Crippen molar-refractivity contribution in [2.24, 2.45) is 0 Å². The molecule has 1 fully saturated rings. The van der Waals surface area contributed by atoms with E-state index >= 15 is 0 Å². The van der Waals surface area contributed by atoms with Crippen LogP contribution >= 0.6 is 0 Å². The third kappa shape index (κ3) is 3.74. The number of nitrogens with two attached hydrogens (primary N) is 1. The Labute approximate surface area is 141 Å². The molecule has 0 saturated carbocycles. The zero-order valence-corrected chi connectivity index (χ0v) is 13.8. The van der Waals surface area contributed by atoms with Gasteiger partial charge < -0.3 is 10.6 Å². The fraction of sp³-hybridized carbons (Fsp3) is 0.316. The maximum atomic E-state index is 13.7. The van der Waals surface area contributed by atoms with Crippen molar-refractivity contribution in [3.05, 3.63) is 65.0 Å². The van der Waals surface area contributed by atoms with Gasteiger partial charge in [0, 0.05) is 44.0 Å². The highest BCUT2D eigenvalue weighted by atomic mass is 19.1. The summed E-state index contributed by atoms with van der Waals surface area (Å²) in [6.07, 6.45) is 0. The van der Waals surface area contributed by atoms with Crippen LogP contribution in [0.2, 0.25) is 0 Å². The van der Waals surface area contributed by atoms with Crippen molar-refractivity contribution < 1.29 is 9.18 Å². The molecule has 5 heteroatoms. The highest BCUT2D eigenvalue weighted by Crippen LogP contribution is 2.15. The van der Waals surface area contributed by atoms with E-state index in [-0.39, 0.29) is 11.7 Å². The van der Waals surface area contributed by atoms with E-state index in [1.807, 2.05) is 18.2 Å². The number of carbonyl (C=O) groups is 1. The van der Waals surface area contributed by atoms with Crippen LogP contribution in [-0.2, 0) is 6.54 Å². The third-order valence-electron chi connectivity index (χ3n) is 4.44. The van der Waals surface area contributed by atoms with Gasteiger partial charge in [-0.1, -0.05) is 18.2 Å². The highest BCUT2D eigenvalue weighted by molar-refractivity contribution is 5.94. The summed E-state index contributed by atoms with van der Waals surface area (Å²) in [6, 6.07) is 12.5. The van der Waals surface area contributed by atoms with E-state index in [9.17, 15) is 9.18 Å². The first-order valence-corrected chi connectivity index (χ1v) is 8.15. The Bertz CT molecular complexity index is 739. The number of rotatable bonds is 3. The molecule has 1 heterocycles. The summed E-state index contributed by atoms with van der Waals surface area (Å²) in [5.74, 6) is -0.432. The molecule has 0 bridgehead atoms. The number of amides is 1. The van der Waals surface area contributed by atoms with Crippen molar-refractivity contribution in [3.8, 4) is 0 Å². The minimum atomic E-state index is -0.332. The first kappa shape index (κ1) is 16.5. The average Bonchev–Trinajstić information content (AvgIpc) is 2.57. The van der Waals surface area contributed by atoms with E-state index < -0.39 is 0 Å². The van der Waals surface area contributed by atoms with Crippen LogP contribution in [0.25, 0.3) is 0 Å². The maximum absolute atomic E-state index is 13.7. The lowest BCUT2D eigenvalue weighted by molar-refractivity contribution is 0.0628. The highest BCUT2D eigenvalue weighted by Gasteiger charge is 2.22. The fourth-order valence-electron chi connectivity index (χ4n) is 2.97. The molecule has 4 nitrogen and oxygen atoms in total. The Morgan fingerprint density at radius 1 is 1.12 bits per heavy atom. The molecule has 1 aliphatic rings. The van der Waals surface area contributed by atoms with E-state index in [4.69, 9.17) is 5.73 Å². The Kier molecular flexibility index (Phi) is 4.81. The average molecular weight is 327 g/mol. The number of hydrogen-bond donors (Lipinski definition) is 1. The second-order valence-electron chi connectivity index (χ2n) is 6.28. The molecule has 1 amide bonds. The van der Waals surface area contributed by atoms with Crippen LogP contribution in [0.1, 0.15) is 21.5 Å². The van der Waals surface area contributed by atoms with Gasteiger partial charge in [-0.25, -0.2) is 4.39 Å². The van der Waals surface area contributed by atoms with Crippen LogP contribution in [0.3, 0.4) is 0 Å². The number of anilines is 1. The Hall–Kier alpha value is -2.40. The number of carbonyl (C=O) groups excluding carboxylic acids is 1. The molecule has 1 saturated heterocycles. The molecule has 1 aliphatic heterocycles. The van der Waals surface area contributed by atoms with Crippen LogP contribution in [-0.4, -0.2) is 41.9 Å². The number of aryl methyl sites for hydroxylation is 1. The molecular weight excluding hydrogens is 305 g/mol. The molecule has 0 unspecified atom stereocenters. The van der Waals surface area contributed by atoms with Gasteiger partial charge in [0.1, 0.15) is 5.82 Å². The number of piperazine rings is 1. The summed E-state index contributed by atoms with van der Waals surface area (Å²) >= 11 is 0. The standard InChI is InChI=1S/C19H22FN3O/c1-14-5-6-16(12-18(14)20)19(24)23-9-7-22(8-10-23)13-15-3-2-4-17(21)11-15/h2-6,11-12H,7-10,13,21H2,1H3. The third-order valence-corrected chi connectivity index (χ3v) is 4.44. The van der Waals surface area contributed by atoms with Crippen molar-refractivity contribution in [2.45, 2.75) is 13.5 Å². The van der Waals surface area contributed by atoms with Gasteiger partial charge in [-0.05, 0) is 42.3 Å². The smallest absolute Gasteiger partial charge is 0.254 e. The zero-order chi connectivity index (χ0) is 17.1. The number of hydrogen-bond acceptors (Lipinski definition) is 3. The SMILES string of the molecule is Cc1ccc(C(=O)N2CCN(Cc3cccc(N)c3)CC2)cc1F. The molecule has 0 atom stereocenters. The van der Waals surface area contributed by atoms with Crippen LogP contribution in [0, 0.1) is 12.7 Å². The summed E-state index contributed by atoms with van der Waals surface area (Å²) in [4.78, 5) is 16.6. The number of halogens is 1. The molecule has 0 aromatic heterocycles. The first-order valence-electron chi connectivity index (χ1n) is 8.15. The molecule has 24 heavy (non-hydrogen) atoms. The lowest BCUT2D eigenvalue weighted by Gasteiger charge is -2.34. The molecule has 2 aromatic carbocycles. The Morgan fingerprint density at radius 2 is 1.88 bits per heavy atom. The van der Waals surface area contributed by atoms with E-state index in [2.05, 4.69) is 11.0 Å². The number of benzene rings is 2. The zero-order valence-electron chi connectivity index (χ0n) is 13.8. The molecule has 3 rings (SSSR count). The minimum absolute atomic E-state index is 0.0995. The summed E-state index contributed by atoms with van der Waals surface area (Å²) in [6.45, 7) is 5.42. The van der Waals surface area contributed by atoms with Crippen LogP contribution in [0.4, 0.5) is 10.1 Å². The summed E-state index contributed by atoms with van der Waals surface area (Å²) in [5.41, 5.74) is 8.73. The Morgan fingerprint density at radius 3 is 2.54 bits per heavy atom. The summed E-state index contributed by atoms with van der Waals surface area (Å²) in [5, 5.41) is 0. The molecule has 2 aromatic rings. The van der Waals surface area contributed by atoms with Gasteiger partial charge in [0.25, 0.3) is 5.91 Å². The largest absolute Gasteiger partial charge is 0.399 e. The molecule has 126 valence electrons. The van der Waals surface area contributed by atoms with Crippen molar-refractivity contribution in [1.82, 2.24) is 9.80 Å². The molecule has 0 aliphatic carbocycles. The van der Waals surface area contributed by atoms with Crippen LogP contribution < -0.4 is 5.73 Å². The van der Waals surface area contributed by atoms with E-state index in [1.54, 1.807) is 24.0 Å². The van der Waals surface area contributed by atoms with Crippen molar-refractivity contribution >= 4 is 11.6 Å². The molecule has 0 radical (unpaired) electrons. The van der Waals surface area contributed by atoms with Gasteiger partial charge in [-0.3, -0.25) is 9.69 Å². The lowest BCUT2D eigenvalue weighted by atomic mass is 10.1. The quantitative estimate of drug-likeness (QED) is 0.882. The maximum Gasteiger partial charge on any atom is 0.254 e. The second-order valence-corrected chi connectivity index (χ2v) is 6.28. The van der Waals surface area contributed by atoms with Gasteiger partial charge in [0.2, 0.25) is 0 Å². The first-order chi connectivity index (χ1) is 11.5. The van der Waals surface area contributed by atoms with Crippen molar-refractivity contribution in [2.75, 3.05) is 31.9 Å². The second kappa shape index (κ2) is 7.01. The van der Waals surface area contributed by atoms with E-state index in [0.717, 1.165) is 25.3 Å². The van der Waals surface area contributed by atoms with Crippen molar-refractivity contribution in [1.29, 1.82) is 0 Å². The topological polar surface area (TPSA) is 49.6 Å². The van der Waals surface area contributed by atoms with Gasteiger partial charge in [-0.2, -0.15) is 0 Å². The predicted molar refractivity (Wildman–Crippen MR) is 93.2 cm³/mol. The molecular formula is C19H22FN3O. The van der Waals surface area contributed by atoms with Gasteiger partial charge >= 0.3 is 0 Å². The van der Waals surface area contributed by atoms with E-state index in [0.29, 0.717) is 24.2 Å². The van der Waals surface area contributed by atoms with Crippen molar-refractivity contribution in [3.63, 3.8) is 0 Å². The van der Waals surface area contributed by atoms with Gasteiger partial charge in [-0.15, -0.1) is 0 Å². The van der Waals surface area contributed by atoms with Gasteiger partial charge in [0.05, 0.1) is 0 Å². The molecule has 2 N–H and O–H groups in total. The monoisotopic (exact) mass is 327 g/mol. The number of nitrogen functional groups attached to an aromatic ring is 1. The van der Waals surface area contributed by atoms with Crippen LogP contribution in [0.5, 0.6) is 0 Å². The summed E-state index contributed by atoms with van der Waals surface area (Å²) in [7, 11) is 0. The fourth-order valence-corrected chi connectivity index (χ4v) is 2.97. The normalized spacial score (nSPS) is 15.5. The number of nitrogens with zero attached hydrogens (tertiary/aromatic N) is 2. The van der Waals surface area contributed by atoms with E-state index in [1.165, 1.54) is 11.6 Å². The summed E-state index contributed by atoms with van der Waals surface area (Å²) < 4.78 is 13.7. The lowest BCUT2D eigenvalue weighted by Crippen LogP contribution is -2.48. The predicted octanol–water partition coefficient (Wildman–Crippen LogP) is 2.67. The minimum Gasteiger partial charge on any atom is -0.399 e. The Balaban J connectivity index is 1.58. The molecule has 0 spiro atoms. The van der Waals surface area contributed by atoms with Gasteiger partial charge in [0.15, 0.2) is 0 Å².